The van der Waals surface area contributed by atoms with Crippen molar-refractivity contribution in [3.05, 3.63) is 34.4 Å². The van der Waals surface area contributed by atoms with Gasteiger partial charge in [-0.3, -0.25) is 4.79 Å². The first-order valence-electron chi connectivity index (χ1n) is 4.40. The van der Waals surface area contributed by atoms with Crippen LogP contribution in [-0.4, -0.2) is 43.9 Å². The number of rotatable bonds is 2. The van der Waals surface area contributed by atoms with Gasteiger partial charge in [0.25, 0.3) is 0 Å². The SMILES string of the molecule is CCC(=O)O.O=[N+]([O-])c1cc[c]([Na])cc1. The Morgan fingerprint density at radius 2 is 1.87 bits per heavy atom. The van der Waals surface area contributed by atoms with Crippen molar-refractivity contribution >= 4 is 42.4 Å². The standard InChI is InChI=1S/C6H4NO2.C3H6O2.Na/c8-7(9)6-4-2-1-3-5-6;1-2-3(4)5;/h2-5H;2H2,1H3,(H,4,5);. The molecule has 0 saturated heterocycles. The van der Waals surface area contributed by atoms with Crippen molar-refractivity contribution in [3.8, 4) is 0 Å². The number of hydrogen-bond donors (Lipinski definition) is 1. The molecule has 1 aromatic carbocycles. The van der Waals surface area contributed by atoms with Crippen LogP contribution in [0.25, 0.3) is 0 Å². The number of nitro groups is 1. The van der Waals surface area contributed by atoms with Gasteiger partial charge in [-0.05, 0) is 0 Å². The van der Waals surface area contributed by atoms with Crippen molar-refractivity contribution in [2.75, 3.05) is 0 Å². The summed E-state index contributed by atoms with van der Waals surface area (Å²) in [6.07, 6.45) is 0.222. The van der Waals surface area contributed by atoms with E-state index in [4.69, 9.17) is 5.11 Å². The van der Waals surface area contributed by atoms with E-state index in [-0.39, 0.29) is 17.0 Å². The zero-order valence-corrected chi connectivity index (χ0v) is 10.6. The summed E-state index contributed by atoms with van der Waals surface area (Å²) in [4.78, 5) is 19.1. The molecule has 1 N–H and O–H groups in total. The number of carboxylic acids is 1. The average molecular weight is 219 g/mol. The third kappa shape index (κ3) is 7.07. The molecule has 0 spiro atoms. The molecule has 0 amide bonds. The zero-order chi connectivity index (χ0) is 11.8. The van der Waals surface area contributed by atoms with Crippen LogP contribution >= 0.6 is 0 Å². The molecule has 1 rings (SSSR count). The Morgan fingerprint density at radius 1 is 1.47 bits per heavy atom. The summed E-state index contributed by atoms with van der Waals surface area (Å²) in [5, 5.41) is 17.9. The fourth-order valence-electron chi connectivity index (χ4n) is 0.666. The number of carbonyl (C=O) groups is 1. The molecule has 0 atom stereocenters. The fourth-order valence-corrected chi connectivity index (χ4v) is 1.000. The second-order valence-corrected chi connectivity index (χ2v) is 3.99. The van der Waals surface area contributed by atoms with Crippen LogP contribution in [0.2, 0.25) is 0 Å². The van der Waals surface area contributed by atoms with Gasteiger partial charge in [0.1, 0.15) is 0 Å². The summed E-state index contributed by atoms with van der Waals surface area (Å²) < 4.78 is 1.17. The van der Waals surface area contributed by atoms with Crippen LogP contribution in [0.5, 0.6) is 0 Å². The molecule has 0 heterocycles. The van der Waals surface area contributed by atoms with Crippen molar-refractivity contribution in [1.82, 2.24) is 0 Å². The molecule has 0 saturated carbocycles. The quantitative estimate of drug-likeness (QED) is 0.454. The molecule has 0 aliphatic rings. The van der Waals surface area contributed by atoms with Gasteiger partial charge >= 0.3 is 81.7 Å². The maximum absolute atomic E-state index is 10.1. The van der Waals surface area contributed by atoms with Crippen LogP contribution in [0.4, 0.5) is 5.69 Å². The number of aliphatic carboxylic acids is 1. The van der Waals surface area contributed by atoms with Crippen molar-refractivity contribution in [2.45, 2.75) is 13.3 Å². The second kappa shape index (κ2) is 7.39. The van der Waals surface area contributed by atoms with Crippen LogP contribution < -0.4 is 2.81 Å². The first-order valence-corrected chi connectivity index (χ1v) is 5.40. The van der Waals surface area contributed by atoms with Gasteiger partial charge in [0, 0.05) is 6.42 Å². The summed E-state index contributed by atoms with van der Waals surface area (Å²) in [6.45, 7) is 1.60. The molecular formula is C9H10NNaO4. The fraction of sp³-hybridized carbons (Fsp3) is 0.222. The molecular weight excluding hydrogens is 209 g/mol. The van der Waals surface area contributed by atoms with Crippen molar-refractivity contribution in [2.24, 2.45) is 0 Å². The number of nitro benzene ring substituents is 1. The second-order valence-electron chi connectivity index (χ2n) is 2.84. The molecule has 5 nitrogen and oxygen atoms in total. The van der Waals surface area contributed by atoms with E-state index in [0.717, 1.165) is 27.9 Å². The summed E-state index contributed by atoms with van der Waals surface area (Å²) in [7, 11) is 0. The van der Waals surface area contributed by atoms with Crippen LogP contribution in [-0.2, 0) is 4.79 Å². The molecule has 0 bridgehead atoms. The molecule has 1 aromatic rings. The van der Waals surface area contributed by atoms with Crippen molar-refractivity contribution in [3.63, 3.8) is 0 Å². The summed E-state index contributed by atoms with van der Waals surface area (Å²) in [5.41, 5.74) is 0.166. The molecule has 15 heavy (non-hydrogen) atoms. The van der Waals surface area contributed by atoms with Crippen LogP contribution in [0.3, 0.4) is 0 Å². The number of hydrogen-bond acceptors (Lipinski definition) is 3. The Hall–Kier alpha value is -0.910. The van der Waals surface area contributed by atoms with Gasteiger partial charge in [-0.25, -0.2) is 0 Å². The van der Waals surface area contributed by atoms with Gasteiger partial charge in [-0.1, -0.05) is 6.92 Å². The Balaban J connectivity index is 0.000000336. The first kappa shape index (κ1) is 14.1. The van der Waals surface area contributed by atoms with Crippen molar-refractivity contribution in [1.29, 1.82) is 0 Å². The van der Waals surface area contributed by atoms with Crippen LogP contribution in [0.1, 0.15) is 13.3 Å². The minimum absolute atomic E-state index is 0.166. The monoisotopic (exact) mass is 219 g/mol. The predicted molar refractivity (Wildman–Crippen MR) is 56.4 cm³/mol. The van der Waals surface area contributed by atoms with E-state index in [1.807, 2.05) is 0 Å². The Labute approximate surface area is 105 Å². The maximum atomic E-state index is 10.1. The number of carboxylic acid groups (broad SMARTS) is 1. The number of benzene rings is 1. The first-order chi connectivity index (χ1) is 6.97. The summed E-state index contributed by atoms with van der Waals surface area (Å²) in [6, 6.07) is 6.62. The number of non-ortho nitro benzene ring substituents is 1. The van der Waals surface area contributed by atoms with E-state index in [1.165, 1.54) is 14.9 Å². The Morgan fingerprint density at radius 3 is 2.13 bits per heavy atom. The van der Waals surface area contributed by atoms with Gasteiger partial charge in [0.05, 0.1) is 0 Å². The Kier molecular flexibility index (Phi) is 6.94. The summed E-state index contributed by atoms with van der Waals surface area (Å²) in [5.74, 6) is -0.745. The van der Waals surface area contributed by atoms with Gasteiger partial charge in [0.15, 0.2) is 0 Å². The normalized spacial score (nSPS) is 8.73. The van der Waals surface area contributed by atoms with E-state index < -0.39 is 5.97 Å². The van der Waals surface area contributed by atoms with Gasteiger partial charge in [0.2, 0.25) is 0 Å². The molecule has 0 unspecified atom stereocenters. The van der Waals surface area contributed by atoms with E-state index in [2.05, 4.69) is 0 Å². The van der Waals surface area contributed by atoms with Crippen molar-refractivity contribution < 1.29 is 14.8 Å². The predicted octanol–water partition coefficient (Wildman–Crippen LogP) is 0.870. The Bertz CT molecular complexity index is 336. The molecule has 0 aliphatic carbocycles. The van der Waals surface area contributed by atoms with Gasteiger partial charge < -0.3 is 5.11 Å². The molecule has 6 heteroatoms. The zero-order valence-electron chi connectivity index (χ0n) is 8.64. The van der Waals surface area contributed by atoms with E-state index in [0.29, 0.717) is 0 Å². The van der Waals surface area contributed by atoms with E-state index >= 15 is 0 Å². The van der Waals surface area contributed by atoms with E-state index in [1.54, 1.807) is 19.1 Å². The molecule has 0 aromatic heterocycles. The third-order valence-corrected chi connectivity index (χ3v) is 2.21. The summed E-state index contributed by atoms with van der Waals surface area (Å²) >= 11 is 0.945. The molecule has 0 radical (unpaired) electrons. The third-order valence-electron chi connectivity index (χ3n) is 1.55. The van der Waals surface area contributed by atoms with E-state index in [9.17, 15) is 14.9 Å². The number of nitrogens with zero attached hydrogens (tertiary/aromatic N) is 1. The van der Waals surface area contributed by atoms with Crippen LogP contribution in [0, 0.1) is 10.1 Å². The molecule has 76 valence electrons. The molecule has 0 aliphatic heterocycles. The average Bonchev–Trinajstić information content (AvgIpc) is 2.19. The van der Waals surface area contributed by atoms with Crippen LogP contribution in [0.15, 0.2) is 24.3 Å². The minimum atomic E-state index is -0.745. The van der Waals surface area contributed by atoms with Gasteiger partial charge in [-0.2, -0.15) is 0 Å². The van der Waals surface area contributed by atoms with Gasteiger partial charge in [-0.15, -0.1) is 0 Å². The topological polar surface area (TPSA) is 80.4 Å². The molecule has 0 fully saturated rings.